The molecule has 4 nitrogen and oxygen atoms in total. The first-order valence-corrected chi connectivity index (χ1v) is 7.34. The number of carboxylic acids is 1. The van der Waals surface area contributed by atoms with Gasteiger partial charge in [-0.2, -0.15) is 0 Å². The lowest BCUT2D eigenvalue weighted by Crippen LogP contribution is -2.59. The van der Waals surface area contributed by atoms with E-state index in [1.807, 2.05) is 0 Å². The Labute approximate surface area is 109 Å². The molecule has 3 fully saturated rings. The molecule has 0 aromatic carbocycles. The highest BCUT2D eigenvalue weighted by atomic mass is 16.4. The molecule has 1 aliphatic carbocycles. The van der Waals surface area contributed by atoms with E-state index in [0.717, 1.165) is 37.9 Å². The second-order valence-corrected chi connectivity index (χ2v) is 6.32. The molecule has 2 saturated heterocycles. The van der Waals surface area contributed by atoms with Crippen molar-refractivity contribution in [3.63, 3.8) is 0 Å². The number of piperidine rings is 2. The minimum absolute atomic E-state index is 0.0946. The van der Waals surface area contributed by atoms with Crippen LogP contribution < -0.4 is 0 Å². The largest absolute Gasteiger partial charge is 0.481 e. The van der Waals surface area contributed by atoms with Crippen LogP contribution in [-0.4, -0.2) is 59.6 Å². The highest BCUT2D eigenvalue weighted by molar-refractivity contribution is 5.72. The molecule has 102 valence electrons. The lowest BCUT2D eigenvalue weighted by Gasteiger charge is -2.51. The van der Waals surface area contributed by atoms with Gasteiger partial charge in [-0.25, -0.2) is 0 Å². The van der Waals surface area contributed by atoms with Crippen LogP contribution in [0.1, 0.15) is 32.1 Å². The monoisotopic (exact) mass is 252 g/mol. The third-order valence-corrected chi connectivity index (χ3v) is 5.40. The molecule has 2 aliphatic heterocycles. The van der Waals surface area contributed by atoms with E-state index in [0.29, 0.717) is 6.04 Å². The van der Waals surface area contributed by atoms with E-state index in [4.69, 9.17) is 0 Å². The zero-order valence-electron chi connectivity index (χ0n) is 11.2. The lowest BCUT2D eigenvalue weighted by molar-refractivity contribution is -0.150. The van der Waals surface area contributed by atoms with Gasteiger partial charge in [-0.15, -0.1) is 0 Å². The van der Waals surface area contributed by atoms with Crippen LogP contribution in [0.3, 0.4) is 0 Å². The summed E-state index contributed by atoms with van der Waals surface area (Å²) >= 11 is 0. The minimum Gasteiger partial charge on any atom is -0.481 e. The third kappa shape index (κ3) is 2.05. The van der Waals surface area contributed by atoms with Crippen LogP contribution in [0, 0.1) is 11.8 Å². The summed E-state index contributed by atoms with van der Waals surface area (Å²) in [6, 6.07) is 1.08. The quantitative estimate of drug-likeness (QED) is 0.803. The maximum absolute atomic E-state index is 11.1. The van der Waals surface area contributed by atoms with Crippen LogP contribution in [0.5, 0.6) is 0 Å². The molecule has 0 amide bonds. The number of likely N-dealkylation sites (tertiary alicyclic amines) is 2. The van der Waals surface area contributed by atoms with Gasteiger partial charge in [0.2, 0.25) is 0 Å². The topological polar surface area (TPSA) is 43.8 Å². The Morgan fingerprint density at radius 1 is 1.11 bits per heavy atom. The first kappa shape index (κ1) is 12.4. The Kier molecular flexibility index (Phi) is 3.32. The molecule has 3 rings (SSSR count). The van der Waals surface area contributed by atoms with Crippen LogP contribution in [0.2, 0.25) is 0 Å². The molecule has 1 saturated carbocycles. The van der Waals surface area contributed by atoms with Crippen LogP contribution in [0.15, 0.2) is 0 Å². The molecular formula is C14H24N2O2. The predicted molar refractivity (Wildman–Crippen MR) is 69.5 cm³/mol. The van der Waals surface area contributed by atoms with Crippen molar-refractivity contribution in [3.8, 4) is 0 Å². The zero-order chi connectivity index (χ0) is 12.7. The summed E-state index contributed by atoms with van der Waals surface area (Å²) < 4.78 is 0. The normalized spacial score (nSPS) is 42.1. The average molecular weight is 252 g/mol. The summed E-state index contributed by atoms with van der Waals surface area (Å²) in [6.45, 7) is 3.46. The van der Waals surface area contributed by atoms with Gasteiger partial charge in [0.25, 0.3) is 0 Å². The molecule has 18 heavy (non-hydrogen) atoms. The Balaban J connectivity index is 1.62. The van der Waals surface area contributed by atoms with Crippen molar-refractivity contribution < 1.29 is 9.90 Å². The van der Waals surface area contributed by atoms with E-state index in [9.17, 15) is 9.90 Å². The molecule has 3 aliphatic rings. The predicted octanol–water partition coefficient (Wildman–Crippen LogP) is 1.27. The first-order chi connectivity index (χ1) is 8.66. The minimum atomic E-state index is -0.589. The van der Waals surface area contributed by atoms with Crippen molar-refractivity contribution in [3.05, 3.63) is 0 Å². The summed E-state index contributed by atoms with van der Waals surface area (Å²) in [7, 11) is 2.25. The van der Waals surface area contributed by atoms with E-state index in [1.165, 1.54) is 25.8 Å². The molecule has 0 aromatic rings. The van der Waals surface area contributed by atoms with E-state index in [-0.39, 0.29) is 5.92 Å². The van der Waals surface area contributed by atoms with Gasteiger partial charge in [0, 0.05) is 18.6 Å². The summed E-state index contributed by atoms with van der Waals surface area (Å²) in [5, 5.41) is 9.17. The number of aliphatic carboxylic acids is 1. The average Bonchev–Trinajstić information content (AvgIpc) is 2.27. The first-order valence-electron chi connectivity index (χ1n) is 7.34. The molecule has 0 spiro atoms. The SMILES string of the molecule is CN1CCCC2CN(C3CCC3C(=O)O)CCC21. The van der Waals surface area contributed by atoms with Crippen LogP contribution in [0.4, 0.5) is 0 Å². The highest BCUT2D eigenvalue weighted by Crippen LogP contribution is 2.37. The Bertz CT molecular complexity index is 334. The maximum Gasteiger partial charge on any atom is 0.308 e. The second-order valence-electron chi connectivity index (χ2n) is 6.32. The number of rotatable bonds is 2. The summed E-state index contributed by atoms with van der Waals surface area (Å²) in [4.78, 5) is 16.1. The van der Waals surface area contributed by atoms with E-state index in [1.54, 1.807) is 0 Å². The van der Waals surface area contributed by atoms with Gasteiger partial charge in [-0.3, -0.25) is 9.69 Å². The molecule has 4 unspecified atom stereocenters. The van der Waals surface area contributed by atoms with Crippen LogP contribution in [0.25, 0.3) is 0 Å². The van der Waals surface area contributed by atoms with Crippen molar-refractivity contribution >= 4 is 5.97 Å². The fourth-order valence-corrected chi connectivity index (χ4v) is 4.19. The molecule has 0 aromatic heterocycles. The number of fused-ring (bicyclic) bond motifs is 1. The molecule has 4 atom stereocenters. The summed E-state index contributed by atoms with van der Waals surface area (Å²) in [6.07, 6.45) is 5.83. The highest BCUT2D eigenvalue weighted by Gasteiger charge is 2.44. The fraction of sp³-hybridized carbons (Fsp3) is 0.929. The van der Waals surface area contributed by atoms with E-state index >= 15 is 0 Å². The number of carbonyl (C=O) groups is 1. The summed E-state index contributed by atoms with van der Waals surface area (Å²) in [5.41, 5.74) is 0. The number of hydrogen-bond acceptors (Lipinski definition) is 3. The molecule has 1 N–H and O–H groups in total. The smallest absolute Gasteiger partial charge is 0.308 e. The van der Waals surface area contributed by atoms with Crippen molar-refractivity contribution in [1.82, 2.24) is 9.80 Å². The van der Waals surface area contributed by atoms with Crippen molar-refractivity contribution in [1.29, 1.82) is 0 Å². The van der Waals surface area contributed by atoms with Crippen molar-refractivity contribution in [2.75, 3.05) is 26.7 Å². The molecule has 4 heteroatoms. The van der Waals surface area contributed by atoms with Gasteiger partial charge in [0.05, 0.1) is 5.92 Å². The van der Waals surface area contributed by atoms with Crippen LogP contribution in [-0.2, 0) is 4.79 Å². The summed E-state index contributed by atoms with van der Waals surface area (Å²) in [5.74, 6) is 0.0875. The number of hydrogen-bond donors (Lipinski definition) is 1. The lowest BCUT2D eigenvalue weighted by atomic mass is 9.75. The molecule has 0 bridgehead atoms. The van der Waals surface area contributed by atoms with Gasteiger partial charge in [0.15, 0.2) is 0 Å². The second kappa shape index (κ2) is 4.82. The van der Waals surface area contributed by atoms with Gasteiger partial charge in [-0.05, 0) is 58.2 Å². The Morgan fingerprint density at radius 2 is 1.94 bits per heavy atom. The van der Waals surface area contributed by atoms with Gasteiger partial charge >= 0.3 is 5.97 Å². The number of nitrogens with zero attached hydrogens (tertiary/aromatic N) is 2. The van der Waals surface area contributed by atoms with Crippen molar-refractivity contribution in [2.24, 2.45) is 11.8 Å². The molecule has 2 heterocycles. The van der Waals surface area contributed by atoms with E-state index < -0.39 is 5.97 Å². The Morgan fingerprint density at radius 3 is 2.61 bits per heavy atom. The fourth-order valence-electron chi connectivity index (χ4n) is 4.19. The van der Waals surface area contributed by atoms with Crippen molar-refractivity contribution in [2.45, 2.75) is 44.2 Å². The van der Waals surface area contributed by atoms with Gasteiger partial charge in [-0.1, -0.05) is 0 Å². The standard InChI is InChI=1S/C14H24N2O2/c1-15-7-2-3-10-9-16(8-6-12(10)15)13-5-4-11(13)14(17)18/h10-13H,2-9H2,1H3,(H,17,18). The molecular weight excluding hydrogens is 228 g/mol. The zero-order valence-corrected chi connectivity index (χ0v) is 11.2. The molecule has 0 radical (unpaired) electrons. The van der Waals surface area contributed by atoms with E-state index in [2.05, 4.69) is 16.8 Å². The van der Waals surface area contributed by atoms with Crippen LogP contribution >= 0.6 is 0 Å². The third-order valence-electron chi connectivity index (χ3n) is 5.40. The Hall–Kier alpha value is -0.610. The van der Waals surface area contributed by atoms with Gasteiger partial charge < -0.3 is 10.0 Å². The maximum atomic E-state index is 11.1. The number of carboxylic acid groups (broad SMARTS) is 1. The van der Waals surface area contributed by atoms with Gasteiger partial charge in [0.1, 0.15) is 0 Å².